The number of piperidine rings is 1. The lowest BCUT2D eigenvalue weighted by atomic mass is 10.1. The van der Waals surface area contributed by atoms with Crippen LogP contribution in [0.15, 0.2) is 10.6 Å². The van der Waals surface area contributed by atoms with E-state index in [9.17, 15) is 0 Å². The zero-order valence-corrected chi connectivity index (χ0v) is 8.99. The molecule has 14 heavy (non-hydrogen) atoms. The van der Waals surface area contributed by atoms with E-state index < -0.39 is 0 Å². The molecule has 1 aromatic rings. The van der Waals surface area contributed by atoms with Crippen molar-refractivity contribution in [2.75, 3.05) is 18.0 Å². The summed E-state index contributed by atoms with van der Waals surface area (Å²) in [5.41, 5.74) is 0. The SMILES string of the molecule is CC(C)c1ncc(N2CCCCC2)o1. The van der Waals surface area contributed by atoms with Gasteiger partial charge in [-0.05, 0) is 19.3 Å². The van der Waals surface area contributed by atoms with Gasteiger partial charge in [0, 0.05) is 19.0 Å². The van der Waals surface area contributed by atoms with Crippen LogP contribution in [-0.4, -0.2) is 18.1 Å². The van der Waals surface area contributed by atoms with Gasteiger partial charge in [-0.1, -0.05) is 13.8 Å². The number of hydrogen-bond donors (Lipinski definition) is 0. The van der Waals surface area contributed by atoms with Gasteiger partial charge in [0.1, 0.15) is 0 Å². The molecule has 0 saturated carbocycles. The Kier molecular flexibility index (Phi) is 2.75. The zero-order chi connectivity index (χ0) is 9.97. The van der Waals surface area contributed by atoms with Crippen LogP contribution in [0.4, 0.5) is 5.88 Å². The van der Waals surface area contributed by atoms with Crippen LogP contribution >= 0.6 is 0 Å². The lowest BCUT2D eigenvalue weighted by molar-refractivity contribution is 0.448. The predicted molar refractivity (Wildman–Crippen MR) is 56.7 cm³/mol. The van der Waals surface area contributed by atoms with Crippen LogP contribution in [-0.2, 0) is 0 Å². The van der Waals surface area contributed by atoms with Gasteiger partial charge in [-0.25, -0.2) is 4.98 Å². The molecule has 1 fully saturated rings. The second-order valence-electron chi connectivity index (χ2n) is 4.24. The fourth-order valence-corrected chi connectivity index (χ4v) is 1.81. The van der Waals surface area contributed by atoms with Gasteiger partial charge in [-0.3, -0.25) is 0 Å². The Morgan fingerprint density at radius 3 is 2.57 bits per heavy atom. The number of aromatic nitrogens is 1. The summed E-state index contributed by atoms with van der Waals surface area (Å²) in [6.07, 6.45) is 5.76. The lowest BCUT2D eigenvalue weighted by Crippen LogP contribution is -2.28. The van der Waals surface area contributed by atoms with Gasteiger partial charge in [0.15, 0.2) is 5.89 Å². The first-order valence-electron chi connectivity index (χ1n) is 5.48. The van der Waals surface area contributed by atoms with E-state index in [1.54, 1.807) is 0 Å². The van der Waals surface area contributed by atoms with Crippen molar-refractivity contribution in [3.05, 3.63) is 12.1 Å². The van der Waals surface area contributed by atoms with Gasteiger partial charge >= 0.3 is 0 Å². The monoisotopic (exact) mass is 194 g/mol. The standard InChI is InChI=1S/C11H18N2O/c1-9(2)11-12-8-10(14-11)13-6-4-3-5-7-13/h8-9H,3-7H2,1-2H3. The van der Waals surface area contributed by atoms with Crippen molar-refractivity contribution in [2.24, 2.45) is 0 Å². The van der Waals surface area contributed by atoms with E-state index in [1.165, 1.54) is 19.3 Å². The smallest absolute Gasteiger partial charge is 0.216 e. The summed E-state index contributed by atoms with van der Waals surface area (Å²) in [6.45, 7) is 6.44. The zero-order valence-electron chi connectivity index (χ0n) is 8.99. The van der Waals surface area contributed by atoms with Gasteiger partial charge in [-0.15, -0.1) is 0 Å². The molecule has 1 saturated heterocycles. The molecular formula is C11H18N2O. The van der Waals surface area contributed by atoms with Crippen LogP contribution in [0.3, 0.4) is 0 Å². The van der Waals surface area contributed by atoms with Gasteiger partial charge in [0.2, 0.25) is 5.88 Å². The van der Waals surface area contributed by atoms with Gasteiger partial charge in [-0.2, -0.15) is 0 Å². The van der Waals surface area contributed by atoms with Gasteiger partial charge in [0.25, 0.3) is 0 Å². The van der Waals surface area contributed by atoms with E-state index in [2.05, 4.69) is 23.7 Å². The van der Waals surface area contributed by atoms with E-state index in [1.807, 2.05) is 6.20 Å². The number of oxazole rings is 1. The molecule has 1 aliphatic rings. The number of nitrogens with zero attached hydrogens (tertiary/aromatic N) is 2. The fourth-order valence-electron chi connectivity index (χ4n) is 1.81. The molecule has 0 N–H and O–H groups in total. The minimum Gasteiger partial charge on any atom is -0.425 e. The third-order valence-electron chi connectivity index (χ3n) is 2.67. The number of hydrogen-bond acceptors (Lipinski definition) is 3. The molecule has 2 rings (SSSR count). The first-order chi connectivity index (χ1) is 6.77. The largest absolute Gasteiger partial charge is 0.425 e. The van der Waals surface area contributed by atoms with Crippen LogP contribution in [0.2, 0.25) is 0 Å². The molecule has 0 bridgehead atoms. The molecule has 3 nitrogen and oxygen atoms in total. The Hall–Kier alpha value is -0.990. The average Bonchev–Trinajstić information content (AvgIpc) is 2.68. The second-order valence-corrected chi connectivity index (χ2v) is 4.24. The molecule has 0 atom stereocenters. The molecule has 1 aromatic heterocycles. The van der Waals surface area contributed by atoms with Crippen LogP contribution in [0.5, 0.6) is 0 Å². The van der Waals surface area contributed by atoms with E-state index >= 15 is 0 Å². The summed E-state index contributed by atoms with van der Waals surface area (Å²) in [7, 11) is 0. The van der Waals surface area contributed by atoms with Crippen molar-refractivity contribution in [1.29, 1.82) is 0 Å². The molecule has 0 aliphatic carbocycles. The molecule has 0 aromatic carbocycles. The predicted octanol–water partition coefficient (Wildman–Crippen LogP) is 2.79. The fraction of sp³-hybridized carbons (Fsp3) is 0.727. The summed E-state index contributed by atoms with van der Waals surface area (Å²) >= 11 is 0. The third-order valence-corrected chi connectivity index (χ3v) is 2.67. The van der Waals surface area contributed by atoms with Crippen molar-refractivity contribution in [2.45, 2.75) is 39.0 Å². The van der Waals surface area contributed by atoms with Crippen LogP contribution in [0.1, 0.15) is 44.9 Å². The Balaban J connectivity index is 2.07. The first-order valence-corrected chi connectivity index (χ1v) is 5.48. The van der Waals surface area contributed by atoms with Crippen molar-refractivity contribution >= 4 is 5.88 Å². The van der Waals surface area contributed by atoms with Crippen LogP contribution in [0, 0.1) is 0 Å². The van der Waals surface area contributed by atoms with E-state index in [0.29, 0.717) is 5.92 Å². The molecule has 3 heteroatoms. The molecule has 2 heterocycles. The quantitative estimate of drug-likeness (QED) is 0.725. The molecule has 0 amide bonds. The van der Waals surface area contributed by atoms with Gasteiger partial charge in [0.05, 0.1) is 6.20 Å². The van der Waals surface area contributed by atoms with Crippen molar-refractivity contribution < 1.29 is 4.42 Å². The highest BCUT2D eigenvalue weighted by Gasteiger charge is 2.15. The minimum absolute atomic E-state index is 0.383. The average molecular weight is 194 g/mol. The summed E-state index contributed by atoms with van der Waals surface area (Å²) < 4.78 is 5.70. The van der Waals surface area contributed by atoms with E-state index in [4.69, 9.17) is 4.42 Å². The molecule has 0 radical (unpaired) electrons. The normalized spacial score (nSPS) is 17.8. The highest BCUT2D eigenvalue weighted by molar-refractivity contribution is 5.33. The summed E-state index contributed by atoms with van der Waals surface area (Å²) in [6, 6.07) is 0. The Bertz CT molecular complexity index is 287. The lowest BCUT2D eigenvalue weighted by Gasteiger charge is -2.25. The second kappa shape index (κ2) is 4.03. The Labute approximate surface area is 85.1 Å². The molecular weight excluding hydrogens is 176 g/mol. The maximum atomic E-state index is 5.70. The highest BCUT2D eigenvalue weighted by atomic mass is 16.4. The van der Waals surface area contributed by atoms with Crippen LogP contribution in [0.25, 0.3) is 0 Å². The number of rotatable bonds is 2. The number of anilines is 1. The highest BCUT2D eigenvalue weighted by Crippen LogP contribution is 2.23. The van der Waals surface area contributed by atoms with E-state index in [-0.39, 0.29) is 0 Å². The molecule has 0 unspecified atom stereocenters. The maximum Gasteiger partial charge on any atom is 0.216 e. The summed E-state index contributed by atoms with van der Waals surface area (Å²) in [5.74, 6) is 2.19. The van der Waals surface area contributed by atoms with Gasteiger partial charge < -0.3 is 9.32 Å². The topological polar surface area (TPSA) is 29.3 Å². The Morgan fingerprint density at radius 1 is 1.29 bits per heavy atom. The van der Waals surface area contributed by atoms with E-state index in [0.717, 1.165) is 24.9 Å². The minimum atomic E-state index is 0.383. The molecule has 1 aliphatic heterocycles. The van der Waals surface area contributed by atoms with Crippen molar-refractivity contribution in [3.8, 4) is 0 Å². The first kappa shape index (κ1) is 9.56. The third kappa shape index (κ3) is 1.91. The van der Waals surface area contributed by atoms with Crippen molar-refractivity contribution in [3.63, 3.8) is 0 Å². The van der Waals surface area contributed by atoms with Crippen molar-refractivity contribution in [1.82, 2.24) is 4.98 Å². The molecule has 78 valence electrons. The van der Waals surface area contributed by atoms with Crippen LogP contribution < -0.4 is 4.90 Å². The summed E-state index contributed by atoms with van der Waals surface area (Å²) in [4.78, 5) is 6.58. The summed E-state index contributed by atoms with van der Waals surface area (Å²) in [5, 5.41) is 0. The molecule has 0 spiro atoms. The Morgan fingerprint density at radius 2 is 2.00 bits per heavy atom. The maximum absolute atomic E-state index is 5.70.